The van der Waals surface area contributed by atoms with E-state index in [9.17, 15) is 9.18 Å². The monoisotopic (exact) mass is 398 g/mol. The number of rotatable bonds is 9. The van der Waals surface area contributed by atoms with Crippen LogP contribution in [0.1, 0.15) is 42.5 Å². The Labute approximate surface area is 173 Å². The molecule has 29 heavy (non-hydrogen) atoms. The van der Waals surface area contributed by atoms with E-state index < -0.39 is 0 Å². The molecule has 1 heterocycles. The Morgan fingerprint density at radius 1 is 1.07 bits per heavy atom. The van der Waals surface area contributed by atoms with Gasteiger partial charge in [-0.25, -0.2) is 4.39 Å². The van der Waals surface area contributed by atoms with Crippen molar-refractivity contribution in [2.45, 2.75) is 38.6 Å². The SMILES string of the molecule is CCc1ccc(C(CNC(=O)CCCc2ccc(F)cc2)N2CCOCC2)cc1. The van der Waals surface area contributed by atoms with E-state index in [2.05, 4.69) is 41.4 Å². The largest absolute Gasteiger partial charge is 0.379 e. The first-order valence-corrected chi connectivity index (χ1v) is 10.6. The lowest BCUT2D eigenvalue weighted by molar-refractivity contribution is -0.121. The quantitative estimate of drug-likeness (QED) is 0.697. The summed E-state index contributed by atoms with van der Waals surface area (Å²) in [5.74, 6) is -0.164. The van der Waals surface area contributed by atoms with Crippen molar-refractivity contribution < 1.29 is 13.9 Å². The average molecular weight is 399 g/mol. The number of nitrogens with zero attached hydrogens (tertiary/aromatic N) is 1. The highest BCUT2D eigenvalue weighted by molar-refractivity contribution is 5.75. The molecule has 0 aliphatic carbocycles. The van der Waals surface area contributed by atoms with Crippen LogP contribution >= 0.6 is 0 Å². The van der Waals surface area contributed by atoms with Crippen molar-refractivity contribution in [2.24, 2.45) is 0 Å². The maximum Gasteiger partial charge on any atom is 0.220 e. The highest BCUT2D eigenvalue weighted by Gasteiger charge is 2.23. The Bertz CT molecular complexity index is 755. The highest BCUT2D eigenvalue weighted by Crippen LogP contribution is 2.22. The van der Waals surface area contributed by atoms with Gasteiger partial charge >= 0.3 is 0 Å². The summed E-state index contributed by atoms with van der Waals surface area (Å²) in [6, 6.07) is 15.4. The molecule has 2 aromatic rings. The van der Waals surface area contributed by atoms with Crippen molar-refractivity contribution in [3.63, 3.8) is 0 Å². The Morgan fingerprint density at radius 3 is 2.38 bits per heavy atom. The number of amides is 1. The zero-order valence-corrected chi connectivity index (χ0v) is 17.2. The normalized spacial score (nSPS) is 15.8. The van der Waals surface area contributed by atoms with Gasteiger partial charge in [-0.3, -0.25) is 9.69 Å². The summed E-state index contributed by atoms with van der Waals surface area (Å²) in [6.07, 6.45) is 3.03. The predicted molar refractivity (Wildman–Crippen MR) is 113 cm³/mol. The van der Waals surface area contributed by atoms with Crippen molar-refractivity contribution in [3.8, 4) is 0 Å². The number of aryl methyl sites for hydroxylation is 2. The van der Waals surface area contributed by atoms with Crippen LogP contribution < -0.4 is 5.32 Å². The number of halogens is 1. The van der Waals surface area contributed by atoms with Gasteiger partial charge in [0, 0.05) is 26.1 Å². The third-order valence-corrected chi connectivity index (χ3v) is 5.53. The van der Waals surface area contributed by atoms with Crippen LogP contribution in [-0.4, -0.2) is 43.7 Å². The lowest BCUT2D eigenvalue weighted by Crippen LogP contribution is -2.43. The number of morpholine rings is 1. The summed E-state index contributed by atoms with van der Waals surface area (Å²) >= 11 is 0. The molecule has 4 nitrogen and oxygen atoms in total. The number of hydrogen-bond acceptors (Lipinski definition) is 3. The molecule has 1 fully saturated rings. The molecule has 0 radical (unpaired) electrons. The Balaban J connectivity index is 1.52. The molecular formula is C24H31FN2O2. The summed E-state index contributed by atoms with van der Waals surface area (Å²) in [5, 5.41) is 3.12. The fourth-order valence-corrected chi connectivity index (χ4v) is 3.73. The van der Waals surface area contributed by atoms with Crippen molar-refractivity contribution in [1.82, 2.24) is 10.2 Å². The molecule has 2 aromatic carbocycles. The molecule has 1 aliphatic heterocycles. The molecule has 5 heteroatoms. The molecule has 0 bridgehead atoms. The average Bonchev–Trinajstić information content (AvgIpc) is 2.76. The minimum atomic E-state index is -0.229. The zero-order valence-electron chi connectivity index (χ0n) is 17.2. The van der Waals surface area contributed by atoms with E-state index in [1.807, 2.05) is 0 Å². The second-order valence-corrected chi connectivity index (χ2v) is 7.54. The van der Waals surface area contributed by atoms with Gasteiger partial charge in [-0.15, -0.1) is 0 Å². The number of hydrogen-bond donors (Lipinski definition) is 1. The lowest BCUT2D eigenvalue weighted by atomic mass is 10.0. The van der Waals surface area contributed by atoms with Gasteiger partial charge < -0.3 is 10.1 Å². The summed E-state index contributed by atoms with van der Waals surface area (Å²) in [4.78, 5) is 14.8. The number of benzene rings is 2. The van der Waals surface area contributed by atoms with Crippen molar-refractivity contribution in [3.05, 3.63) is 71.0 Å². The van der Waals surface area contributed by atoms with Gasteiger partial charge in [-0.05, 0) is 48.1 Å². The van der Waals surface area contributed by atoms with E-state index in [0.29, 0.717) is 13.0 Å². The van der Waals surface area contributed by atoms with Crippen LogP contribution in [-0.2, 0) is 22.4 Å². The van der Waals surface area contributed by atoms with Crippen LogP contribution in [0.25, 0.3) is 0 Å². The van der Waals surface area contributed by atoms with Crippen molar-refractivity contribution in [2.75, 3.05) is 32.8 Å². The number of carbonyl (C=O) groups is 1. The fraction of sp³-hybridized carbons (Fsp3) is 0.458. The van der Waals surface area contributed by atoms with Gasteiger partial charge in [0.15, 0.2) is 0 Å². The predicted octanol–water partition coefficient (Wildman–Crippen LogP) is 3.90. The molecule has 1 N–H and O–H groups in total. The molecule has 1 saturated heterocycles. The minimum Gasteiger partial charge on any atom is -0.379 e. The molecule has 1 aliphatic rings. The van der Waals surface area contributed by atoms with E-state index >= 15 is 0 Å². The fourth-order valence-electron chi connectivity index (χ4n) is 3.73. The molecule has 1 atom stereocenters. The Kier molecular flexibility index (Phi) is 8.20. The van der Waals surface area contributed by atoms with E-state index in [1.54, 1.807) is 12.1 Å². The topological polar surface area (TPSA) is 41.6 Å². The second-order valence-electron chi connectivity index (χ2n) is 7.54. The first kappa shape index (κ1) is 21.5. The first-order valence-electron chi connectivity index (χ1n) is 10.6. The third kappa shape index (κ3) is 6.65. The summed E-state index contributed by atoms with van der Waals surface area (Å²) in [6.45, 7) is 5.97. The molecule has 3 rings (SSSR count). The Hall–Kier alpha value is -2.24. The van der Waals surface area contributed by atoms with Gasteiger partial charge in [0.1, 0.15) is 5.82 Å². The van der Waals surface area contributed by atoms with Gasteiger partial charge in [0.05, 0.1) is 19.3 Å². The highest BCUT2D eigenvalue weighted by atomic mass is 19.1. The molecule has 0 spiro atoms. The maximum absolute atomic E-state index is 13.0. The molecule has 0 aromatic heterocycles. The van der Waals surface area contributed by atoms with Crippen molar-refractivity contribution >= 4 is 5.91 Å². The van der Waals surface area contributed by atoms with Crippen LogP contribution in [0.4, 0.5) is 4.39 Å². The molecular weight excluding hydrogens is 367 g/mol. The summed E-state index contributed by atoms with van der Waals surface area (Å²) in [5.41, 5.74) is 3.61. The minimum absolute atomic E-state index is 0.0653. The van der Waals surface area contributed by atoms with Gasteiger partial charge in [-0.2, -0.15) is 0 Å². The molecule has 156 valence electrons. The van der Waals surface area contributed by atoms with E-state index in [0.717, 1.165) is 51.1 Å². The van der Waals surface area contributed by atoms with E-state index in [-0.39, 0.29) is 17.8 Å². The van der Waals surface area contributed by atoms with Crippen molar-refractivity contribution in [1.29, 1.82) is 0 Å². The molecule has 1 amide bonds. The van der Waals surface area contributed by atoms with Crippen LogP contribution in [0.15, 0.2) is 48.5 Å². The lowest BCUT2D eigenvalue weighted by Gasteiger charge is -2.35. The molecule has 0 saturated carbocycles. The standard InChI is InChI=1S/C24H31FN2O2/c1-2-19-6-10-21(11-7-19)23(27-14-16-29-17-15-27)18-26-24(28)5-3-4-20-8-12-22(25)13-9-20/h6-13,23H,2-5,14-18H2,1H3,(H,26,28). The van der Waals surface area contributed by atoms with Crippen LogP contribution in [0.5, 0.6) is 0 Å². The third-order valence-electron chi connectivity index (χ3n) is 5.53. The Morgan fingerprint density at radius 2 is 1.72 bits per heavy atom. The summed E-state index contributed by atoms with van der Waals surface area (Å²) in [7, 11) is 0. The van der Waals surface area contributed by atoms with Crippen LogP contribution in [0.3, 0.4) is 0 Å². The first-order chi connectivity index (χ1) is 14.2. The smallest absolute Gasteiger partial charge is 0.220 e. The number of nitrogens with one attached hydrogen (secondary N) is 1. The van der Waals surface area contributed by atoms with Crippen LogP contribution in [0.2, 0.25) is 0 Å². The molecule has 1 unspecified atom stereocenters. The van der Waals surface area contributed by atoms with Gasteiger partial charge in [0.2, 0.25) is 5.91 Å². The summed E-state index contributed by atoms with van der Waals surface area (Å²) < 4.78 is 18.5. The maximum atomic E-state index is 13.0. The van der Waals surface area contributed by atoms with E-state index in [4.69, 9.17) is 4.74 Å². The van der Waals surface area contributed by atoms with Gasteiger partial charge in [-0.1, -0.05) is 43.3 Å². The number of carbonyl (C=O) groups excluding carboxylic acids is 1. The van der Waals surface area contributed by atoms with Gasteiger partial charge in [0.25, 0.3) is 0 Å². The zero-order chi connectivity index (χ0) is 20.5. The second kappa shape index (κ2) is 11.1. The van der Waals surface area contributed by atoms with Crippen LogP contribution in [0, 0.1) is 5.82 Å². The number of ether oxygens (including phenoxy) is 1. The van der Waals surface area contributed by atoms with E-state index in [1.165, 1.54) is 23.3 Å².